The third kappa shape index (κ3) is 3.65. The summed E-state index contributed by atoms with van der Waals surface area (Å²) in [4.78, 5) is 39.1. The van der Waals surface area contributed by atoms with Gasteiger partial charge in [-0.15, -0.1) is 10.2 Å². The number of fused-ring (bicyclic) bond motifs is 1. The first-order chi connectivity index (χ1) is 13.7. The van der Waals surface area contributed by atoms with Crippen LogP contribution in [0.15, 0.2) is 37.7 Å². The highest BCUT2D eigenvalue weighted by Crippen LogP contribution is 2.34. The molecule has 0 saturated heterocycles. The highest BCUT2D eigenvalue weighted by Gasteiger charge is 2.41. The number of carbonyl (C=O) groups is 2. The molecule has 0 spiro atoms. The lowest BCUT2D eigenvalue weighted by atomic mass is 9.91. The van der Waals surface area contributed by atoms with E-state index in [-0.39, 0.29) is 41.1 Å². The summed E-state index contributed by atoms with van der Waals surface area (Å²) in [6.45, 7) is 7.82. The van der Waals surface area contributed by atoms with Crippen LogP contribution in [0.4, 0.5) is 11.4 Å². The molecule has 2 heterocycles. The van der Waals surface area contributed by atoms with Crippen molar-refractivity contribution >= 4 is 23.2 Å². The fourth-order valence-electron chi connectivity index (χ4n) is 3.27. The Morgan fingerprint density at radius 3 is 2.52 bits per heavy atom. The summed E-state index contributed by atoms with van der Waals surface area (Å²) in [5.74, 6) is -0.830. The minimum absolute atomic E-state index is 0.0366. The lowest BCUT2D eigenvalue weighted by Gasteiger charge is -2.24. The Morgan fingerprint density at radius 2 is 1.90 bits per heavy atom. The zero-order valence-corrected chi connectivity index (χ0v) is 17.1. The van der Waals surface area contributed by atoms with Gasteiger partial charge in [-0.05, 0) is 18.6 Å². The second-order valence-corrected chi connectivity index (χ2v) is 7.86. The third-order valence-corrected chi connectivity index (χ3v) is 4.80. The molecule has 154 valence electrons. The molecule has 0 aliphatic carbocycles. The Hall–Kier alpha value is -3.07. The van der Waals surface area contributed by atoms with Crippen LogP contribution in [-0.4, -0.2) is 41.6 Å². The number of imide groups is 1. The molecule has 9 heteroatoms. The smallest absolute Gasteiger partial charge is 0.383 e. The molecule has 1 aromatic heterocycles. The summed E-state index contributed by atoms with van der Waals surface area (Å²) >= 11 is 0. The van der Waals surface area contributed by atoms with Crippen molar-refractivity contribution in [3.63, 3.8) is 0 Å². The van der Waals surface area contributed by atoms with Crippen molar-refractivity contribution in [1.82, 2.24) is 10.1 Å². The number of ether oxygens (including phenoxy) is 1. The van der Waals surface area contributed by atoms with Crippen molar-refractivity contribution in [1.29, 1.82) is 0 Å². The van der Waals surface area contributed by atoms with Crippen LogP contribution in [0.25, 0.3) is 0 Å². The maximum atomic E-state index is 13.0. The van der Waals surface area contributed by atoms with Crippen LogP contribution in [-0.2, 0) is 10.2 Å². The summed E-state index contributed by atoms with van der Waals surface area (Å²) < 4.78 is 10.0. The van der Waals surface area contributed by atoms with Gasteiger partial charge in [-0.25, -0.2) is 9.95 Å². The maximum Gasteiger partial charge on any atom is 0.384 e. The lowest BCUT2D eigenvalue weighted by Crippen LogP contribution is -2.42. The standard InChI is InChI=1S/C20H24N4O5/c1-6-11(10-28-5)24-17(25)12-8-7-9-13(14(12)18(24)26)21-22-15-16(20(2,3)4)23-29-19(15)27/h7-9,11,23H,6,10H2,1-5H3. The Labute approximate surface area is 167 Å². The third-order valence-electron chi connectivity index (χ3n) is 4.80. The summed E-state index contributed by atoms with van der Waals surface area (Å²) in [7, 11) is 1.52. The summed E-state index contributed by atoms with van der Waals surface area (Å²) in [5, 5.41) is 10.7. The first kappa shape index (κ1) is 20.7. The number of amides is 2. The topological polar surface area (TPSA) is 117 Å². The molecule has 2 aromatic rings. The molecule has 1 unspecified atom stereocenters. The SMILES string of the molecule is CCC(COC)N1C(=O)c2cccc(N=Nc3c(C(C)(C)C)[nH]oc3=O)c2C1=O. The van der Waals surface area contributed by atoms with Crippen LogP contribution >= 0.6 is 0 Å². The number of aromatic amines is 1. The van der Waals surface area contributed by atoms with Crippen LogP contribution < -0.4 is 5.63 Å². The van der Waals surface area contributed by atoms with E-state index < -0.39 is 16.9 Å². The van der Waals surface area contributed by atoms with E-state index in [1.54, 1.807) is 18.2 Å². The van der Waals surface area contributed by atoms with Crippen molar-refractivity contribution < 1.29 is 18.8 Å². The largest absolute Gasteiger partial charge is 0.384 e. The number of benzene rings is 1. The monoisotopic (exact) mass is 400 g/mol. The Bertz CT molecular complexity index is 1030. The Morgan fingerprint density at radius 1 is 1.17 bits per heavy atom. The highest BCUT2D eigenvalue weighted by atomic mass is 16.5. The number of nitrogens with one attached hydrogen (secondary N) is 1. The average molecular weight is 400 g/mol. The van der Waals surface area contributed by atoms with E-state index in [2.05, 4.69) is 15.4 Å². The highest BCUT2D eigenvalue weighted by molar-refractivity contribution is 6.23. The van der Waals surface area contributed by atoms with Gasteiger partial charge in [0, 0.05) is 12.5 Å². The molecule has 9 nitrogen and oxygen atoms in total. The Kier molecular flexibility index (Phi) is 5.52. The van der Waals surface area contributed by atoms with Crippen LogP contribution in [0.5, 0.6) is 0 Å². The zero-order chi connectivity index (χ0) is 21.3. The van der Waals surface area contributed by atoms with Gasteiger partial charge < -0.3 is 9.26 Å². The minimum Gasteiger partial charge on any atom is -0.383 e. The van der Waals surface area contributed by atoms with E-state index in [1.165, 1.54) is 12.0 Å². The van der Waals surface area contributed by atoms with Crippen molar-refractivity contribution in [2.45, 2.75) is 45.6 Å². The second kappa shape index (κ2) is 7.75. The zero-order valence-electron chi connectivity index (χ0n) is 17.1. The fourth-order valence-corrected chi connectivity index (χ4v) is 3.27. The van der Waals surface area contributed by atoms with Crippen molar-refractivity contribution in [2.75, 3.05) is 13.7 Å². The molecule has 1 atom stereocenters. The number of rotatable bonds is 6. The molecule has 1 aromatic carbocycles. The van der Waals surface area contributed by atoms with Gasteiger partial charge in [-0.2, -0.15) is 0 Å². The fraction of sp³-hybridized carbons (Fsp3) is 0.450. The normalized spacial score (nSPS) is 15.4. The lowest BCUT2D eigenvalue weighted by molar-refractivity contribution is 0.0466. The molecule has 2 amide bonds. The predicted octanol–water partition coefficient (Wildman–Crippen LogP) is 3.70. The van der Waals surface area contributed by atoms with E-state index >= 15 is 0 Å². The van der Waals surface area contributed by atoms with Crippen LogP contribution in [0.1, 0.15) is 60.5 Å². The van der Waals surface area contributed by atoms with Gasteiger partial charge in [-0.3, -0.25) is 14.5 Å². The molecule has 1 aliphatic heterocycles. The van der Waals surface area contributed by atoms with Crippen LogP contribution in [0, 0.1) is 0 Å². The first-order valence-electron chi connectivity index (χ1n) is 9.34. The van der Waals surface area contributed by atoms with E-state index in [1.807, 2.05) is 27.7 Å². The van der Waals surface area contributed by atoms with Gasteiger partial charge in [0.05, 0.1) is 35.2 Å². The molecule has 3 rings (SSSR count). The number of nitrogens with zero attached hydrogens (tertiary/aromatic N) is 3. The van der Waals surface area contributed by atoms with Crippen molar-refractivity contribution in [3.05, 3.63) is 45.4 Å². The van der Waals surface area contributed by atoms with Crippen molar-refractivity contribution in [3.8, 4) is 0 Å². The van der Waals surface area contributed by atoms with Gasteiger partial charge >= 0.3 is 5.63 Å². The molecule has 0 fully saturated rings. The van der Waals surface area contributed by atoms with E-state index in [0.717, 1.165) is 0 Å². The van der Waals surface area contributed by atoms with Gasteiger partial charge in [0.1, 0.15) is 0 Å². The van der Waals surface area contributed by atoms with Crippen LogP contribution in [0.2, 0.25) is 0 Å². The number of aromatic nitrogens is 1. The molecule has 1 N–H and O–H groups in total. The summed E-state index contributed by atoms with van der Waals surface area (Å²) in [6, 6.07) is 4.42. The van der Waals surface area contributed by atoms with E-state index in [4.69, 9.17) is 9.26 Å². The molecule has 0 bridgehead atoms. The Balaban J connectivity index is 2.03. The number of carbonyl (C=O) groups excluding carboxylic acids is 2. The number of hydrogen-bond acceptors (Lipinski definition) is 7. The van der Waals surface area contributed by atoms with E-state index in [0.29, 0.717) is 12.1 Å². The summed E-state index contributed by atoms with van der Waals surface area (Å²) in [6.07, 6.45) is 0.565. The quantitative estimate of drug-likeness (QED) is 0.586. The number of hydrogen-bond donors (Lipinski definition) is 1. The minimum atomic E-state index is -0.651. The predicted molar refractivity (Wildman–Crippen MR) is 105 cm³/mol. The van der Waals surface area contributed by atoms with Gasteiger partial charge in [0.15, 0.2) is 5.69 Å². The number of azo groups is 1. The molecular formula is C20H24N4O5. The number of H-pyrrole nitrogens is 1. The van der Waals surface area contributed by atoms with Crippen LogP contribution in [0.3, 0.4) is 0 Å². The maximum absolute atomic E-state index is 13.0. The molecule has 29 heavy (non-hydrogen) atoms. The van der Waals surface area contributed by atoms with E-state index in [9.17, 15) is 14.4 Å². The molecular weight excluding hydrogens is 376 g/mol. The average Bonchev–Trinajstić information content (AvgIpc) is 3.16. The molecule has 0 radical (unpaired) electrons. The van der Waals surface area contributed by atoms with Crippen molar-refractivity contribution in [2.24, 2.45) is 10.2 Å². The van der Waals surface area contributed by atoms with Gasteiger partial charge in [0.2, 0.25) is 0 Å². The van der Waals surface area contributed by atoms with Gasteiger partial charge in [0.25, 0.3) is 11.8 Å². The second-order valence-electron chi connectivity index (χ2n) is 7.86. The molecule has 1 aliphatic rings. The summed E-state index contributed by atoms with van der Waals surface area (Å²) in [5.41, 5.74) is 0.114. The number of methoxy groups -OCH3 is 1. The van der Waals surface area contributed by atoms with Gasteiger partial charge in [-0.1, -0.05) is 33.8 Å². The molecule has 0 saturated carbocycles. The first-order valence-corrected chi connectivity index (χ1v) is 9.34.